The van der Waals surface area contributed by atoms with E-state index in [1.807, 2.05) is 18.2 Å². The molecule has 3 aromatic rings. The summed E-state index contributed by atoms with van der Waals surface area (Å²) >= 11 is 1.60. The van der Waals surface area contributed by atoms with Gasteiger partial charge in [-0.05, 0) is 78.2 Å². The van der Waals surface area contributed by atoms with Gasteiger partial charge >= 0.3 is 18.0 Å². The van der Waals surface area contributed by atoms with Gasteiger partial charge in [0.15, 0.2) is 0 Å². The number of nitrogens with zero attached hydrogens (tertiary/aromatic N) is 1. The summed E-state index contributed by atoms with van der Waals surface area (Å²) in [5.74, 6) is -12.2. The van der Waals surface area contributed by atoms with Crippen molar-refractivity contribution >= 4 is 27.3 Å². The molecule has 0 spiro atoms. The Kier molecular flexibility index (Phi) is 11.1. The van der Waals surface area contributed by atoms with Crippen molar-refractivity contribution in [1.29, 1.82) is 0 Å². The van der Waals surface area contributed by atoms with E-state index in [9.17, 15) is 45.7 Å². The lowest BCUT2D eigenvalue weighted by Crippen LogP contribution is -2.57. The molecule has 0 radical (unpaired) electrons. The molecule has 232 valence electrons. The molecule has 0 bridgehead atoms. The highest BCUT2D eigenvalue weighted by Crippen LogP contribution is 2.46. The van der Waals surface area contributed by atoms with E-state index in [0.717, 1.165) is 72.5 Å². The summed E-state index contributed by atoms with van der Waals surface area (Å²) in [6.45, 7) is -2.02. The van der Waals surface area contributed by atoms with Crippen LogP contribution in [0, 0.1) is 0 Å². The van der Waals surface area contributed by atoms with Crippen LogP contribution in [0.25, 0.3) is 20.5 Å². The van der Waals surface area contributed by atoms with Crippen molar-refractivity contribution in [3.63, 3.8) is 0 Å². The first-order valence-corrected chi connectivity index (χ1v) is 14.6. The second-order valence-electron chi connectivity index (χ2n) is 10.5. The summed E-state index contributed by atoms with van der Waals surface area (Å²) < 4.78 is 91.0. The molecular formula is C30H34F7NO3S. The smallest absolute Gasteiger partial charge is 0.459 e. The third kappa shape index (κ3) is 8.29. The maximum atomic E-state index is 13.5. The van der Waals surface area contributed by atoms with Crippen LogP contribution in [-0.2, 0) is 11.2 Å². The number of benzene rings is 2. The number of phenols is 2. The Morgan fingerprint density at radius 1 is 0.786 bits per heavy atom. The Bertz CT molecular complexity index is 1320. The minimum absolute atomic E-state index is 0.190. The molecule has 4 nitrogen and oxygen atoms in total. The van der Waals surface area contributed by atoms with E-state index in [4.69, 9.17) is 0 Å². The lowest BCUT2D eigenvalue weighted by atomic mass is 9.99. The van der Waals surface area contributed by atoms with E-state index in [2.05, 4.69) is 0 Å². The number of carbonyl (C=O) groups excluding carboxylic acids is 1. The first-order chi connectivity index (χ1) is 19.6. The fraction of sp³-hybridized carbons (Fsp3) is 0.500. The number of hydrogen-bond donors (Lipinski definition) is 2. The standard InChI is InChI=1S/C30H34F7NO3S/c1-38(19-28(31,32)29(33,34)30(35,36)37)26(41)11-9-7-5-3-2-4-6-8-10-24-23-17-16-22(40)18-25(23)42-27(24)20-12-14-21(39)15-13-20/h12-18,39-40H,2-11,19H2,1H3. The van der Waals surface area contributed by atoms with E-state index in [1.54, 1.807) is 35.6 Å². The number of aromatic hydroxyl groups is 2. The predicted octanol–water partition coefficient (Wildman–Crippen LogP) is 9.32. The van der Waals surface area contributed by atoms with E-state index >= 15 is 0 Å². The number of halogens is 7. The van der Waals surface area contributed by atoms with Gasteiger partial charge in [0.25, 0.3) is 0 Å². The number of thiophene rings is 1. The summed E-state index contributed by atoms with van der Waals surface area (Å²) in [5.41, 5.74) is 2.20. The summed E-state index contributed by atoms with van der Waals surface area (Å²) in [5, 5.41) is 20.6. The lowest BCUT2D eigenvalue weighted by Gasteiger charge is -2.31. The van der Waals surface area contributed by atoms with Crippen LogP contribution in [0.15, 0.2) is 42.5 Å². The number of hydrogen-bond acceptors (Lipinski definition) is 4. The molecular weight excluding hydrogens is 587 g/mol. The first-order valence-electron chi connectivity index (χ1n) is 13.7. The van der Waals surface area contributed by atoms with Crippen molar-refractivity contribution in [2.24, 2.45) is 0 Å². The number of fused-ring (bicyclic) bond motifs is 1. The van der Waals surface area contributed by atoms with Crippen molar-refractivity contribution in [3.05, 3.63) is 48.0 Å². The minimum Gasteiger partial charge on any atom is -0.508 e. The molecule has 1 heterocycles. The number of rotatable bonds is 15. The van der Waals surface area contributed by atoms with Crippen LogP contribution in [-0.4, -0.2) is 52.6 Å². The second kappa shape index (κ2) is 14.0. The molecule has 42 heavy (non-hydrogen) atoms. The summed E-state index contributed by atoms with van der Waals surface area (Å²) in [7, 11) is 0.791. The van der Waals surface area contributed by atoms with Gasteiger partial charge in [-0.25, -0.2) is 0 Å². The number of amides is 1. The van der Waals surface area contributed by atoms with Crippen LogP contribution in [0.1, 0.15) is 63.4 Å². The maximum Gasteiger partial charge on any atom is 0.459 e. The molecule has 1 aromatic heterocycles. The maximum absolute atomic E-state index is 13.5. The van der Waals surface area contributed by atoms with Crippen LogP contribution in [0.3, 0.4) is 0 Å². The Hall–Kier alpha value is -3.02. The van der Waals surface area contributed by atoms with Crippen LogP contribution in [0.4, 0.5) is 30.7 Å². The van der Waals surface area contributed by atoms with Gasteiger partial charge in [-0.15, -0.1) is 11.3 Å². The van der Waals surface area contributed by atoms with Crippen LogP contribution >= 0.6 is 11.3 Å². The zero-order chi connectivity index (χ0) is 31.1. The molecule has 3 rings (SSSR count). The average Bonchev–Trinajstić information content (AvgIpc) is 3.26. The molecule has 2 N–H and O–H groups in total. The third-order valence-corrected chi connectivity index (χ3v) is 8.39. The minimum atomic E-state index is -6.42. The molecule has 0 saturated heterocycles. The summed E-state index contributed by atoms with van der Waals surface area (Å²) in [6, 6.07) is 12.4. The highest BCUT2D eigenvalue weighted by atomic mass is 32.1. The number of unbranched alkanes of at least 4 members (excludes halogenated alkanes) is 7. The molecule has 0 aliphatic carbocycles. The zero-order valence-corrected chi connectivity index (χ0v) is 23.9. The molecule has 2 aromatic carbocycles. The van der Waals surface area contributed by atoms with Gasteiger partial charge in [0, 0.05) is 23.0 Å². The van der Waals surface area contributed by atoms with Gasteiger partial charge in [-0.1, -0.05) is 38.5 Å². The summed E-state index contributed by atoms with van der Waals surface area (Å²) in [6.07, 6.45) is 0.717. The molecule has 0 aliphatic heterocycles. The van der Waals surface area contributed by atoms with Crippen molar-refractivity contribution in [1.82, 2.24) is 4.90 Å². The topological polar surface area (TPSA) is 60.8 Å². The molecule has 0 aliphatic rings. The predicted molar refractivity (Wildman–Crippen MR) is 149 cm³/mol. The van der Waals surface area contributed by atoms with Crippen molar-refractivity contribution in [2.75, 3.05) is 13.6 Å². The molecule has 1 amide bonds. The number of aryl methyl sites for hydroxylation is 1. The van der Waals surface area contributed by atoms with Crippen molar-refractivity contribution in [3.8, 4) is 21.9 Å². The Morgan fingerprint density at radius 3 is 1.93 bits per heavy atom. The van der Waals surface area contributed by atoms with E-state index in [-0.39, 0.29) is 22.8 Å². The third-order valence-electron chi connectivity index (χ3n) is 7.15. The fourth-order valence-electron chi connectivity index (χ4n) is 4.76. The van der Waals surface area contributed by atoms with Gasteiger partial charge < -0.3 is 15.1 Å². The Balaban J connectivity index is 1.36. The van der Waals surface area contributed by atoms with E-state index in [0.29, 0.717) is 12.8 Å². The monoisotopic (exact) mass is 621 g/mol. The van der Waals surface area contributed by atoms with Crippen LogP contribution in [0.2, 0.25) is 0 Å². The molecule has 0 unspecified atom stereocenters. The highest BCUT2D eigenvalue weighted by Gasteiger charge is 2.73. The lowest BCUT2D eigenvalue weighted by molar-refractivity contribution is -0.355. The average molecular weight is 622 g/mol. The van der Waals surface area contributed by atoms with E-state index < -0.39 is 30.5 Å². The van der Waals surface area contributed by atoms with Crippen molar-refractivity contribution < 1.29 is 45.7 Å². The normalized spacial score (nSPS) is 12.7. The van der Waals surface area contributed by atoms with Gasteiger partial charge in [0.1, 0.15) is 11.5 Å². The fourth-order valence-corrected chi connectivity index (χ4v) is 6.04. The van der Waals surface area contributed by atoms with Crippen LogP contribution < -0.4 is 0 Å². The quantitative estimate of drug-likeness (QED) is 0.131. The number of phenolic OH excluding ortho intramolecular Hbond substituents is 2. The molecule has 0 fully saturated rings. The van der Waals surface area contributed by atoms with Gasteiger partial charge in [-0.3, -0.25) is 4.79 Å². The Morgan fingerprint density at radius 2 is 1.33 bits per heavy atom. The van der Waals surface area contributed by atoms with E-state index in [1.165, 1.54) is 5.56 Å². The Labute approximate surface area is 243 Å². The number of carbonyl (C=O) groups is 1. The van der Waals surface area contributed by atoms with Crippen LogP contribution in [0.5, 0.6) is 11.5 Å². The van der Waals surface area contributed by atoms with Crippen molar-refractivity contribution in [2.45, 2.75) is 82.2 Å². The molecule has 12 heteroatoms. The second-order valence-corrected chi connectivity index (χ2v) is 11.5. The largest absolute Gasteiger partial charge is 0.508 e. The molecule has 0 atom stereocenters. The zero-order valence-electron chi connectivity index (χ0n) is 23.1. The van der Waals surface area contributed by atoms with Gasteiger partial charge in [0.05, 0.1) is 6.54 Å². The highest BCUT2D eigenvalue weighted by molar-refractivity contribution is 7.22. The summed E-state index contributed by atoms with van der Waals surface area (Å²) in [4.78, 5) is 13.3. The van der Waals surface area contributed by atoms with Gasteiger partial charge in [-0.2, -0.15) is 30.7 Å². The molecule has 0 saturated carbocycles. The van der Waals surface area contributed by atoms with Gasteiger partial charge in [0.2, 0.25) is 5.91 Å². The first kappa shape index (κ1) is 33.5. The number of alkyl halides is 7. The SMILES string of the molecule is CN(CC(F)(F)C(F)(F)C(F)(F)F)C(=O)CCCCCCCCCCc1c(-c2ccc(O)cc2)sc2cc(O)ccc12.